The fourth-order valence-electron chi connectivity index (χ4n) is 3.40. The molecule has 2 aliphatic rings. The number of aliphatic hydroxyl groups excluding tert-OH is 1. The summed E-state index contributed by atoms with van der Waals surface area (Å²) >= 11 is 0. The van der Waals surface area contributed by atoms with Gasteiger partial charge in [0.05, 0.1) is 0 Å². The third-order valence-corrected chi connectivity index (χ3v) is 4.71. The molecule has 5 nitrogen and oxygen atoms in total. The van der Waals surface area contributed by atoms with Gasteiger partial charge in [0.1, 0.15) is 12.1 Å². The summed E-state index contributed by atoms with van der Waals surface area (Å²) in [7, 11) is 0. The van der Waals surface area contributed by atoms with E-state index in [0.717, 1.165) is 12.8 Å². The van der Waals surface area contributed by atoms with Crippen LogP contribution in [0.1, 0.15) is 77.6 Å². The van der Waals surface area contributed by atoms with Crippen molar-refractivity contribution in [3.05, 3.63) is 0 Å². The number of alkyl carbamates (subject to hydrolysis) is 1. The molecule has 2 N–H and O–H groups in total. The molecule has 0 saturated carbocycles. The molecule has 2 rings (SSSR count). The summed E-state index contributed by atoms with van der Waals surface area (Å²) in [5.74, 6) is 0. The van der Waals surface area contributed by atoms with Gasteiger partial charge in [0.2, 0.25) is 0 Å². The molecular formula is C17H31NO4. The van der Waals surface area contributed by atoms with E-state index in [1.54, 1.807) is 0 Å². The lowest BCUT2D eigenvalue weighted by Gasteiger charge is -2.14. The Kier molecular flexibility index (Phi) is 7.46. The van der Waals surface area contributed by atoms with Gasteiger partial charge >= 0.3 is 6.09 Å². The van der Waals surface area contributed by atoms with Crippen LogP contribution in [0.25, 0.3) is 0 Å². The van der Waals surface area contributed by atoms with Crippen molar-refractivity contribution in [3.8, 4) is 0 Å². The third kappa shape index (κ3) is 5.13. The van der Waals surface area contributed by atoms with E-state index in [2.05, 4.69) is 12.2 Å². The van der Waals surface area contributed by atoms with Gasteiger partial charge in [0.15, 0.2) is 12.4 Å². The Morgan fingerprint density at radius 3 is 2.23 bits per heavy atom. The van der Waals surface area contributed by atoms with Crippen molar-refractivity contribution in [2.24, 2.45) is 0 Å². The van der Waals surface area contributed by atoms with Crippen LogP contribution < -0.4 is 5.32 Å². The average molecular weight is 313 g/mol. The summed E-state index contributed by atoms with van der Waals surface area (Å²) in [5.41, 5.74) is 0. The normalized spacial score (nSPS) is 30.2. The van der Waals surface area contributed by atoms with E-state index in [9.17, 15) is 9.90 Å². The summed E-state index contributed by atoms with van der Waals surface area (Å²) in [5, 5.41) is 12.3. The van der Waals surface area contributed by atoms with Crippen molar-refractivity contribution in [2.45, 2.75) is 102 Å². The zero-order valence-electron chi connectivity index (χ0n) is 13.8. The molecular weight excluding hydrogens is 282 g/mol. The molecule has 0 radical (unpaired) electrons. The van der Waals surface area contributed by atoms with E-state index < -0.39 is 12.4 Å². The first-order chi connectivity index (χ1) is 10.7. The van der Waals surface area contributed by atoms with Gasteiger partial charge in [0.25, 0.3) is 0 Å². The van der Waals surface area contributed by atoms with Gasteiger partial charge in [-0.2, -0.15) is 0 Å². The lowest BCUT2D eigenvalue weighted by atomic mass is 10.0. The van der Waals surface area contributed by atoms with E-state index in [-0.39, 0.29) is 18.2 Å². The van der Waals surface area contributed by atoms with Crippen LogP contribution in [0.2, 0.25) is 0 Å². The van der Waals surface area contributed by atoms with E-state index in [1.165, 1.54) is 57.8 Å². The van der Waals surface area contributed by atoms with Crippen molar-refractivity contribution in [1.82, 2.24) is 5.32 Å². The highest BCUT2D eigenvalue weighted by atomic mass is 16.7. The molecule has 1 unspecified atom stereocenters. The number of hydrogen-bond acceptors (Lipinski definition) is 4. The standard InChI is InChI=1S/C17H31NO4/c1-2-3-4-5-6-7-8-9-10-11-12-13-15-14(16(19)21-13)18-17(20)22-15/h13-16,19H,2-12H2,1H3,(H,18,20)/t13-,14+,15+,16?/m0/s1. The summed E-state index contributed by atoms with van der Waals surface area (Å²) in [6.07, 6.45) is 12.0. The Hall–Kier alpha value is -0.810. The van der Waals surface area contributed by atoms with Gasteiger partial charge in [-0.05, 0) is 6.42 Å². The van der Waals surface area contributed by atoms with Crippen LogP contribution in [0.4, 0.5) is 4.79 Å². The SMILES string of the molecule is CCCCCCCCCCCC[C@@H]1OC(O)[C@@H]2NC(=O)O[C@H]12. The molecule has 0 spiro atoms. The maximum atomic E-state index is 11.2. The Balaban J connectivity index is 1.46. The largest absolute Gasteiger partial charge is 0.441 e. The fourth-order valence-corrected chi connectivity index (χ4v) is 3.40. The van der Waals surface area contributed by atoms with Crippen molar-refractivity contribution in [3.63, 3.8) is 0 Å². The summed E-state index contributed by atoms with van der Waals surface area (Å²) < 4.78 is 10.7. The fraction of sp³-hybridized carbons (Fsp3) is 0.941. The van der Waals surface area contributed by atoms with Gasteiger partial charge in [-0.15, -0.1) is 0 Å². The number of rotatable bonds is 11. The second kappa shape index (κ2) is 9.36. The number of ether oxygens (including phenoxy) is 2. The molecule has 0 aliphatic carbocycles. The Bertz CT molecular complexity index is 337. The molecule has 2 heterocycles. The van der Waals surface area contributed by atoms with Crippen LogP contribution in [0.5, 0.6) is 0 Å². The first-order valence-corrected chi connectivity index (χ1v) is 9.03. The molecule has 0 aromatic carbocycles. The van der Waals surface area contributed by atoms with Gasteiger partial charge in [-0.25, -0.2) is 4.79 Å². The Morgan fingerprint density at radius 1 is 1.00 bits per heavy atom. The minimum atomic E-state index is -0.926. The molecule has 2 aliphatic heterocycles. The second-order valence-electron chi connectivity index (χ2n) is 6.58. The molecule has 22 heavy (non-hydrogen) atoms. The molecule has 0 aromatic rings. The topological polar surface area (TPSA) is 67.8 Å². The van der Waals surface area contributed by atoms with Crippen molar-refractivity contribution < 1.29 is 19.4 Å². The first kappa shape index (κ1) is 17.5. The number of nitrogens with one attached hydrogen (secondary N) is 1. The van der Waals surface area contributed by atoms with Crippen molar-refractivity contribution in [2.75, 3.05) is 0 Å². The van der Waals surface area contributed by atoms with Crippen molar-refractivity contribution in [1.29, 1.82) is 0 Å². The van der Waals surface area contributed by atoms with Crippen LogP contribution in [0.15, 0.2) is 0 Å². The smallest absolute Gasteiger partial charge is 0.408 e. The monoisotopic (exact) mass is 313 g/mol. The summed E-state index contributed by atoms with van der Waals surface area (Å²) in [6, 6.07) is -0.388. The minimum Gasteiger partial charge on any atom is -0.441 e. The number of aliphatic hydroxyl groups is 1. The number of carbonyl (C=O) groups excluding carboxylic acids is 1. The van der Waals surface area contributed by atoms with E-state index in [1.807, 2.05) is 0 Å². The third-order valence-electron chi connectivity index (χ3n) is 4.71. The van der Waals surface area contributed by atoms with Crippen LogP contribution in [-0.4, -0.2) is 35.7 Å². The average Bonchev–Trinajstić information content (AvgIpc) is 3.01. The number of amides is 1. The Labute approximate surface area is 133 Å². The van der Waals surface area contributed by atoms with E-state index >= 15 is 0 Å². The highest BCUT2D eigenvalue weighted by Crippen LogP contribution is 2.30. The van der Waals surface area contributed by atoms with Gasteiger partial charge in [-0.3, -0.25) is 0 Å². The molecule has 0 aromatic heterocycles. The molecule has 2 fully saturated rings. The van der Waals surface area contributed by atoms with Crippen LogP contribution in [-0.2, 0) is 9.47 Å². The first-order valence-electron chi connectivity index (χ1n) is 9.03. The molecule has 2 saturated heterocycles. The molecule has 128 valence electrons. The van der Waals surface area contributed by atoms with E-state index in [4.69, 9.17) is 9.47 Å². The summed E-state index contributed by atoms with van der Waals surface area (Å²) in [4.78, 5) is 11.2. The lowest BCUT2D eigenvalue weighted by Crippen LogP contribution is -2.37. The van der Waals surface area contributed by atoms with Crippen molar-refractivity contribution >= 4 is 6.09 Å². The second-order valence-corrected chi connectivity index (χ2v) is 6.58. The van der Waals surface area contributed by atoms with Crippen LogP contribution in [0.3, 0.4) is 0 Å². The van der Waals surface area contributed by atoms with Crippen LogP contribution >= 0.6 is 0 Å². The van der Waals surface area contributed by atoms with E-state index in [0.29, 0.717) is 0 Å². The summed E-state index contributed by atoms with van der Waals surface area (Å²) in [6.45, 7) is 2.25. The number of carbonyl (C=O) groups is 1. The number of unbranched alkanes of at least 4 members (excludes halogenated alkanes) is 9. The number of hydrogen-bond donors (Lipinski definition) is 2. The lowest BCUT2D eigenvalue weighted by molar-refractivity contribution is -0.107. The van der Waals surface area contributed by atoms with Gasteiger partial charge in [0, 0.05) is 0 Å². The predicted octanol–water partition coefficient (Wildman–Crippen LogP) is 3.49. The quantitative estimate of drug-likeness (QED) is 0.573. The highest BCUT2D eigenvalue weighted by molar-refractivity contribution is 5.70. The molecule has 5 heteroatoms. The number of fused-ring (bicyclic) bond motifs is 1. The zero-order chi connectivity index (χ0) is 15.8. The molecule has 0 bridgehead atoms. The van der Waals surface area contributed by atoms with Crippen LogP contribution in [0, 0.1) is 0 Å². The Morgan fingerprint density at radius 2 is 1.59 bits per heavy atom. The highest BCUT2D eigenvalue weighted by Gasteiger charge is 2.50. The maximum absolute atomic E-state index is 11.2. The molecule has 1 amide bonds. The zero-order valence-corrected chi connectivity index (χ0v) is 13.8. The molecule has 4 atom stereocenters. The van der Waals surface area contributed by atoms with Gasteiger partial charge < -0.3 is 19.9 Å². The maximum Gasteiger partial charge on any atom is 0.408 e. The predicted molar refractivity (Wildman–Crippen MR) is 84.5 cm³/mol. The minimum absolute atomic E-state index is 0.159. The van der Waals surface area contributed by atoms with Gasteiger partial charge in [-0.1, -0.05) is 71.1 Å².